The number of nitrogens with one attached hydrogen (secondary N) is 1. The number of likely N-dealkylation sites (tertiary alicyclic amines) is 1. The fourth-order valence-electron chi connectivity index (χ4n) is 3.09. The summed E-state index contributed by atoms with van der Waals surface area (Å²) in [6, 6.07) is 9.68. The maximum Gasteiger partial charge on any atom is 0.240 e. The third kappa shape index (κ3) is 5.06. The summed E-state index contributed by atoms with van der Waals surface area (Å²) in [4.78, 5) is 26.2. The first-order valence-electron chi connectivity index (χ1n) is 8.33. The molecule has 2 amide bonds. The van der Waals surface area contributed by atoms with E-state index < -0.39 is 11.9 Å². The highest BCUT2D eigenvalue weighted by atomic mass is 16.2. The Balaban J connectivity index is 1.92. The highest BCUT2D eigenvalue weighted by Gasteiger charge is 2.29. The van der Waals surface area contributed by atoms with Crippen LogP contribution in [0, 0.1) is 11.8 Å². The van der Waals surface area contributed by atoms with E-state index in [1.54, 1.807) is 0 Å². The number of carbonyl (C=O) groups is 2. The molecule has 2 unspecified atom stereocenters. The monoisotopic (exact) mass is 317 g/mol. The van der Waals surface area contributed by atoms with Gasteiger partial charge in [-0.15, -0.1) is 0 Å². The lowest BCUT2D eigenvalue weighted by Crippen LogP contribution is -2.51. The summed E-state index contributed by atoms with van der Waals surface area (Å²) in [5.41, 5.74) is 6.64. The Hall–Kier alpha value is -1.88. The van der Waals surface area contributed by atoms with E-state index in [0.29, 0.717) is 0 Å². The Labute approximate surface area is 138 Å². The lowest BCUT2D eigenvalue weighted by molar-refractivity contribution is -0.132. The van der Waals surface area contributed by atoms with Crippen LogP contribution in [0.15, 0.2) is 30.3 Å². The molecule has 1 aromatic carbocycles. The smallest absolute Gasteiger partial charge is 0.240 e. The van der Waals surface area contributed by atoms with E-state index in [9.17, 15) is 9.59 Å². The standard InChI is InChI=1S/C18H27N3O2/c1-13(2)16(17(19)22)20-18(23)15-9-6-10-21(12-15)11-14-7-4-3-5-8-14/h3-5,7-8,13,15-16H,6,9-12H2,1-2H3,(H2,19,22)(H,20,23). The molecule has 2 atom stereocenters. The Kier molecular flexibility index (Phi) is 6.16. The number of primary amides is 1. The van der Waals surface area contributed by atoms with E-state index in [0.717, 1.165) is 32.5 Å². The number of nitrogens with zero attached hydrogens (tertiary/aromatic N) is 1. The van der Waals surface area contributed by atoms with Crippen LogP contribution < -0.4 is 11.1 Å². The van der Waals surface area contributed by atoms with Crippen LogP contribution in [0.5, 0.6) is 0 Å². The summed E-state index contributed by atoms with van der Waals surface area (Å²) in [6.45, 7) is 6.36. The van der Waals surface area contributed by atoms with E-state index in [1.807, 2.05) is 32.0 Å². The van der Waals surface area contributed by atoms with E-state index >= 15 is 0 Å². The van der Waals surface area contributed by atoms with Gasteiger partial charge >= 0.3 is 0 Å². The van der Waals surface area contributed by atoms with Gasteiger partial charge < -0.3 is 11.1 Å². The molecule has 23 heavy (non-hydrogen) atoms. The zero-order valence-corrected chi connectivity index (χ0v) is 14.0. The number of hydrogen-bond acceptors (Lipinski definition) is 3. The van der Waals surface area contributed by atoms with Crippen LogP contribution in [0.1, 0.15) is 32.3 Å². The van der Waals surface area contributed by atoms with Crippen LogP contribution in [0.3, 0.4) is 0 Å². The first-order valence-corrected chi connectivity index (χ1v) is 8.33. The third-order valence-electron chi connectivity index (χ3n) is 4.40. The molecule has 1 aliphatic heterocycles. The highest BCUT2D eigenvalue weighted by Crippen LogP contribution is 2.19. The molecule has 0 aliphatic carbocycles. The first kappa shape index (κ1) is 17.5. The van der Waals surface area contributed by atoms with Crippen molar-refractivity contribution in [2.24, 2.45) is 17.6 Å². The zero-order valence-electron chi connectivity index (χ0n) is 14.0. The summed E-state index contributed by atoms with van der Waals surface area (Å²) < 4.78 is 0. The second-order valence-corrected chi connectivity index (χ2v) is 6.69. The quantitative estimate of drug-likeness (QED) is 0.835. The van der Waals surface area contributed by atoms with Gasteiger partial charge in [0.1, 0.15) is 6.04 Å². The molecule has 5 heteroatoms. The maximum absolute atomic E-state index is 12.5. The summed E-state index contributed by atoms with van der Waals surface area (Å²) in [6.07, 6.45) is 1.86. The van der Waals surface area contributed by atoms with Gasteiger partial charge in [-0.2, -0.15) is 0 Å². The number of carbonyl (C=O) groups excluding carboxylic acids is 2. The molecular formula is C18H27N3O2. The van der Waals surface area contributed by atoms with Crippen molar-refractivity contribution in [2.45, 2.75) is 39.3 Å². The molecule has 0 radical (unpaired) electrons. The molecule has 0 bridgehead atoms. The molecule has 1 aliphatic rings. The van der Waals surface area contributed by atoms with Gasteiger partial charge in [-0.05, 0) is 30.9 Å². The van der Waals surface area contributed by atoms with Crippen LogP contribution in [0.25, 0.3) is 0 Å². The number of benzene rings is 1. The zero-order chi connectivity index (χ0) is 16.8. The largest absolute Gasteiger partial charge is 0.368 e. The molecule has 5 nitrogen and oxygen atoms in total. The topological polar surface area (TPSA) is 75.4 Å². The molecule has 2 rings (SSSR count). The minimum atomic E-state index is -0.591. The fraction of sp³-hybridized carbons (Fsp3) is 0.556. The average Bonchev–Trinajstić information content (AvgIpc) is 2.53. The highest BCUT2D eigenvalue weighted by molar-refractivity contribution is 5.87. The van der Waals surface area contributed by atoms with E-state index in [1.165, 1.54) is 5.56 Å². The average molecular weight is 317 g/mol. The molecule has 1 heterocycles. The lowest BCUT2D eigenvalue weighted by atomic mass is 9.95. The molecule has 0 spiro atoms. The van der Waals surface area contributed by atoms with Gasteiger partial charge in [-0.3, -0.25) is 14.5 Å². The van der Waals surface area contributed by atoms with Crippen molar-refractivity contribution in [3.05, 3.63) is 35.9 Å². The van der Waals surface area contributed by atoms with Crippen molar-refractivity contribution >= 4 is 11.8 Å². The number of nitrogens with two attached hydrogens (primary N) is 1. The van der Waals surface area contributed by atoms with E-state index in [-0.39, 0.29) is 17.7 Å². The van der Waals surface area contributed by atoms with Crippen molar-refractivity contribution in [3.63, 3.8) is 0 Å². The van der Waals surface area contributed by atoms with E-state index in [2.05, 4.69) is 22.3 Å². The van der Waals surface area contributed by atoms with Gasteiger partial charge in [0.15, 0.2) is 0 Å². The normalized spacial score (nSPS) is 20.2. The van der Waals surface area contributed by atoms with Crippen LogP contribution in [0.4, 0.5) is 0 Å². The minimum absolute atomic E-state index is 0.000428. The van der Waals surface area contributed by atoms with Gasteiger partial charge in [-0.25, -0.2) is 0 Å². The molecule has 126 valence electrons. The summed E-state index contributed by atoms with van der Waals surface area (Å²) in [7, 11) is 0. The van der Waals surface area contributed by atoms with Crippen molar-refractivity contribution in [1.82, 2.24) is 10.2 Å². The van der Waals surface area contributed by atoms with Gasteiger partial charge in [0, 0.05) is 13.1 Å². The Morgan fingerprint density at radius 1 is 1.30 bits per heavy atom. The summed E-state index contributed by atoms with van der Waals surface area (Å²) in [5.74, 6) is -0.598. The lowest BCUT2D eigenvalue weighted by Gasteiger charge is -2.33. The first-order chi connectivity index (χ1) is 11.0. The SMILES string of the molecule is CC(C)C(NC(=O)C1CCCN(Cc2ccccc2)C1)C(N)=O. The number of rotatable bonds is 6. The molecule has 1 aromatic rings. The molecule has 3 N–H and O–H groups in total. The second-order valence-electron chi connectivity index (χ2n) is 6.69. The van der Waals surface area contributed by atoms with Crippen molar-refractivity contribution in [1.29, 1.82) is 0 Å². The Bertz CT molecular complexity index is 530. The molecule has 0 aromatic heterocycles. The molecular weight excluding hydrogens is 290 g/mol. The Morgan fingerprint density at radius 2 is 2.00 bits per heavy atom. The number of hydrogen-bond donors (Lipinski definition) is 2. The van der Waals surface area contributed by atoms with E-state index in [4.69, 9.17) is 5.73 Å². The predicted molar refractivity (Wildman–Crippen MR) is 90.4 cm³/mol. The van der Waals surface area contributed by atoms with Crippen LogP contribution >= 0.6 is 0 Å². The third-order valence-corrected chi connectivity index (χ3v) is 4.40. The fourth-order valence-corrected chi connectivity index (χ4v) is 3.09. The van der Waals surface area contributed by atoms with Gasteiger partial charge in [0.2, 0.25) is 11.8 Å². The van der Waals surface area contributed by atoms with Crippen LogP contribution in [-0.2, 0) is 16.1 Å². The Morgan fingerprint density at radius 3 is 2.61 bits per heavy atom. The van der Waals surface area contributed by atoms with Crippen LogP contribution in [-0.4, -0.2) is 35.8 Å². The molecule has 1 saturated heterocycles. The van der Waals surface area contributed by atoms with Gasteiger partial charge in [-0.1, -0.05) is 44.2 Å². The van der Waals surface area contributed by atoms with Crippen molar-refractivity contribution < 1.29 is 9.59 Å². The number of piperidine rings is 1. The van der Waals surface area contributed by atoms with Crippen LogP contribution in [0.2, 0.25) is 0 Å². The van der Waals surface area contributed by atoms with Crippen molar-refractivity contribution in [2.75, 3.05) is 13.1 Å². The predicted octanol–water partition coefficient (Wildman–Crippen LogP) is 1.52. The molecule has 1 fully saturated rings. The van der Waals surface area contributed by atoms with Gasteiger partial charge in [0.05, 0.1) is 5.92 Å². The summed E-state index contributed by atoms with van der Waals surface area (Å²) >= 11 is 0. The maximum atomic E-state index is 12.5. The van der Waals surface area contributed by atoms with Gasteiger partial charge in [0.25, 0.3) is 0 Å². The summed E-state index contributed by atoms with van der Waals surface area (Å²) in [5, 5.41) is 2.83. The van der Waals surface area contributed by atoms with Crippen molar-refractivity contribution in [3.8, 4) is 0 Å². The number of amides is 2. The minimum Gasteiger partial charge on any atom is -0.368 e. The second kappa shape index (κ2) is 8.11. The molecule has 0 saturated carbocycles.